The minimum absolute atomic E-state index is 0.587. The van der Waals surface area contributed by atoms with Gasteiger partial charge < -0.3 is 0 Å². The van der Waals surface area contributed by atoms with Crippen molar-refractivity contribution in [3.63, 3.8) is 0 Å². The molecule has 1 rings (SSSR count). The molecule has 84 valence electrons. The number of nitrogens with zero attached hydrogens (tertiary/aromatic N) is 1. The third-order valence-corrected chi connectivity index (χ3v) is 4.25. The summed E-state index contributed by atoms with van der Waals surface area (Å²) in [5.74, 6) is 1.36. The Morgan fingerprint density at radius 2 is 1.86 bits per heavy atom. The van der Waals surface area contributed by atoms with E-state index in [1.54, 1.807) is 0 Å². The van der Waals surface area contributed by atoms with Gasteiger partial charge in [-0.25, -0.2) is 0 Å². The van der Waals surface area contributed by atoms with Gasteiger partial charge >= 0.3 is 0 Å². The summed E-state index contributed by atoms with van der Waals surface area (Å²) >= 11 is 0. The van der Waals surface area contributed by atoms with E-state index in [1.165, 1.54) is 10.7 Å². The van der Waals surface area contributed by atoms with E-state index in [2.05, 4.69) is 13.8 Å². The molecule has 0 radical (unpaired) electrons. The van der Waals surface area contributed by atoms with Crippen molar-refractivity contribution in [3.8, 4) is 0 Å². The number of halogens is 1. The van der Waals surface area contributed by atoms with Crippen molar-refractivity contribution < 1.29 is 8.42 Å². The monoisotopic (exact) mass is 239 g/mol. The Kier molecular flexibility index (Phi) is 4.22. The highest BCUT2D eigenvalue weighted by Crippen LogP contribution is 2.26. The molecule has 0 spiro atoms. The normalized spacial score (nSPS) is 21.7. The van der Waals surface area contributed by atoms with Crippen LogP contribution in [0.1, 0.15) is 33.1 Å². The van der Waals surface area contributed by atoms with Crippen LogP contribution in [-0.2, 0) is 9.24 Å². The second kappa shape index (κ2) is 4.81. The van der Waals surface area contributed by atoms with Crippen molar-refractivity contribution in [2.45, 2.75) is 33.1 Å². The Morgan fingerprint density at radius 3 is 2.21 bits per heavy atom. The molecule has 0 aromatic carbocycles. The molecular weight excluding hydrogens is 222 g/mol. The highest BCUT2D eigenvalue weighted by Gasteiger charge is 2.26. The van der Waals surface area contributed by atoms with Crippen molar-refractivity contribution in [1.29, 1.82) is 0 Å². The zero-order chi connectivity index (χ0) is 10.8. The first-order valence-electron chi connectivity index (χ1n) is 5.09. The van der Waals surface area contributed by atoms with Gasteiger partial charge in [-0.1, -0.05) is 13.8 Å². The predicted octanol–water partition coefficient (Wildman–Crippen LogP) is 2.23. The first kappa shape index (κ1) is 12.3. The van der Waals surface area contributed by atoms with Gasteiger partial charge in [0.15, 0.2) is 0 Å². The van der Waals surface area contributed by atoms with Crippen molar-refractivity contribution in [2.75, 3.05) is 13.1 Å². The van der Waals surface area contributed by atoms with Gasteiger partial charge in [-0.3, -0.25) is 0 Å². The van der Waals surface area contributed by atoms with Crippen LogP contribution in [0, 0.1) is 11.8 Å². The van der Waals surface area contributed by atoms with E-state index >= 15 is 0 Å². The largest absolute Gasteiger partial charge is 0.299 e. The number of piperidine rings is 1. The second-order valence-corrected chi connectivity index (χ2v) is 6.92. The van der Waals surface area contributed by atoms with Gasteiger partial charge in [-0.15, -0.1) is 0 Å². The van der Waals surface area contributed by atoms with Gasteiger partial charge in [-0.2, -0.15) is 12.7 Å². The Balaban J connectivity index is 2.39. The van der Waals surface area contributed by atoms with Crippen molar-refractivity contribution >= 4 is 19.9 Å². The quantitative estimate of drug-likeness (QED) is 0.709. The average molecular weight is 240 g/mol. The van der Waals surface area contributed by atoms with E-state index in [9.17, 15) is 8.42 Å². The SMILES string of the molecule is CC(C)CC1CCN(S(=O)(=O)Cl)CC1. The maximum absolute atomic E-state index is 11.0. The Labute approximate surface area is 91.0 Å². The molecule has 0 N–H and O–H groups in total. The van der Waals surface area contributed by atoms with Crippen LogP contribution in [0.4, 0.5) is 0 Å². The van der Waals surface area contributed by atoms with E-state index in [-0.39, 0.29) is 0 Å². The van der Waals surface area contributed by atoms with E-state index in [1.807, 2.05) is 0 Å². The number of rotatable bonds is 3. The molecule has 0 aliphatic carbocycles. The van der Waals surface area contributed by atoms with E-state index in [0.717, 1.165) is 12.8 Å². The van der Waals surface area contributed by atoms with Crippen LogP contribution in [-0.4, -0.2) is 25.8 Å². The molecule has 3 nitrogen and oxygen atoms in total. The molecule has 0 atom stereocenters. The van der Waals surface area contributed by atoms with Crippen LogP contribution < -0.4 is 0 Å². The lowest BCUT2D eigenvalue weighted by Gasteiger charge is -2.30. The highest BCUT2D eigenvalue weighted by atomic mass is 35.7. The smallest absolute Gasteiger partial charge is 0.195 e. The summed E-state index contributed by atoms with van der Waals surface area (Å²) in [7, 11) is 1.79. The van der Waals surface area contributed by atoms with E-state index < -0.39 is 9.24 Å². The molecule has 5 heteroatoms. The Hall–Kier alpha value is 0.200. The molecule has 0 aromatic heterocycles. The van der Waals surface area contributed by atoms with Crippen molar-refractivity contribution in [1.82, 2.24) is 4.31 Å². The zero-order valence-corrected chi connectivity index (χ0v) is 10.3. The minimum Gasteiger partial charge on any atom is -0.195 e. The first-order chi connectivity index (χ1) is 6.39. The van der Waals surface area contributed by atoms with Crippen molar-refractivity contribution in [3.05, 3.63) is 0 Å². The third kappa shape index (κ3) is 3.75. The molecule has 14 heavy (non-hydrogen) atoms. The predicted molar refractivity (Wildman–Crippen MR) is 58.5 cm³/mol. The summed E-state index contributed by atoms with van der Waals surface area (Å²) in [6.45, 7) is 5.57. The minimum atomic E-state index is -3.47. The van der Waals surface area contributed by atoms with Gasteiger partial charge in [0.2, 0.25) is 0 Å². The molecule has 0 amide bonds. The number of hydrogen-bond donors (Lipinski definition) is 0. The van der Waals surface area contributed by atoms with Crippen LogP contribution in [0.5, 0.6) is 0 Å². The molecule has 1 saturated heterocycles. The lowest BCUT2D eigenvalue weighted by molar-refractivity contribution is 0.249. The Bertz CT molecular complexity index is 269. The zero-order valence-electron chi connectivity index (χ0n) is 8.74. The second-order valence-electron chi connectivity index (χ2n) is 4.41. The van der Waals surface area contributed by atoms with Gasteiger partial charge in [0.25, 0.3) is 9.24 Å². The summed E-state index contributed by atoms with van der Waals surface area (Å²) < 4.78 is 23.4. The van der Waals surface area contributed by atoms with Gasteiger partial charge in [0.05, 0.1) is 0 Å². The number of hydrogen-bond acceptors (Lipinski definition) is 2. The molecule has 0 saturated carbocycles. The standard InChI is InChI=1S/C9H18ClNO2S/c1-8(2)7-9-3-5-11(6-4-9)14(10,12)13/h8-9H,3-7H2,1-2H3. The maximum Gasteiger partial charge on any atom is 0.299 e. The first-order valence-corrected chi connectivity index (χ1v) is 7.36. The van der Waals surface area contributed by atoms with Crippen LogP contribution in [0.3, 0.4) is 0 Å². The fourth-order valence-electron chi connectivity index (χ4n) is 2.03. The third-order valence-electron chi connectivity index (χ3n) is 2.69. The van der Waals surface area contributed by atoms with Crippen LogP contribution >= 0.6 is 10.7 Å². The summed E-state index contributed by atoms with van der Waals surface area (Å²) in [6, 6.07) is 0. The van der Waals surface area contributed by atoms with Crippen molar-refractivity contribution in [2.24, 2.45) is 11.8 Å². The van der Waals surface area contributed by atoms with Gasteiger partial charge in [0, 0.05) is 23.8 Å². The van der Waals surface area contributed by atoms with E-state index in [0.29, 0.717) is 24.9 Å². The van der Waals surface area contributed by atoms with Crippen LogP contribution in [0.25, 0.3) is 0 Å². The fraction of sp³-hybridized carbons (Fsp3) is 1.00. The molecule has 1 aliphatic rings. The molecule has 1 fully saturated rings. The van der Waals surface area contributed by atoms with Gasteiger partial charge in [-0.05, 0) is 31.1 Å². The molecule has 1 aliphatic heterocycles. The maximum atomic E-state index is 11.0. The van der Waals surface area contributed by atoms with Crippen LogP contribution in [0.2, 0.25) is 0 Å². The highest BCUT2D eigenvalue weighted by molar-refractivity contribution is 8.11. The molecule has 0 unspecified atom stereocenters. The summed E-state index contributed by atoms with van der Waals surface area (Å²) in [4.78, 5) is 0. The Morgan fingerprint density at radius 1 is 1.36 bits per heavy atom. The lowest BCUT2D eigenvalue weighted by atomic mass is 9.89. The van der Waals surface area contributed by atoms with E-state index in [4.69, 9.17) is 10.7 Å². The summed E-state index contributed by atoms with van der Waals surface area (Å²) in [6.07, 6.45) is 3.09. The topological polar surface area (TPSA) is 37.4 Å². The summed E-state index contributed by atoms with van der Waals surface area (Å²) in [5.41, 5.74) is 0. The summed E-state index contributed by atoms with van der Waals surface area (Å²) in [5, 5.41) is 0. The average Bonchev–Trinajstić information content (AvgIpc) is 2.02. The molecule has 1 heterocycles. The molecule has 0 bridgehead atoms. The molecular formula is C9H18ClNO2S. The van der Waals surface area contributed by atoms with Gasteiger partial charge in [0.1, 0.15) is 0 Å². The van der Waals surface area contributed by atoms with Crippen LogP contribution in [0.15, 0.2) is 0 Å². The fourth-order valence-corrected chi connectivity index (χ4v) is 3.09. The lowest BCUT2D eigenvalue weighted by Crippen LogP contribution is -2.36. The molecule has 0 aromatic rings.